The van der Waals surface area contributed by atoms with Gasteiger partial charge < -0.3 is 19.7 Å². The Morgan fingerprint density at radius 1 is 1.20 bits per heavy atom. The van der Waals surface area contributed by atoms with E-state index in [4.69, 9.17) is 0 Å². The number of halogens is 1. The Labute approximate surface area is 209 Å². The van der Waals surface area contributed by atoms with E-state index in [9.17, 15) is 9.90 Å². The molecule has 0 spiro atoms. The molecule has 0 N–H and O–H groups in total. The summed E-state index contributed by atoms with van der Waals surface area (Å²) in [5, 5.41) is 12.7. The van der Waals surface area contributed by atoms with Crippen LogP contribution in [0.4, 0.5) is 9.18 Å². The van der Waals surface area contributed by atoms with Crippen molar-refractivity contribution in [2.24, 2.45) is 17.3 Å². The van der Waals surface area contributed by atoms with Crippen LogP contribution in [0.2, 0.25) is 0 Å². The van der Waals surface area contributed by atoms with Crippen LogP contribution < -0.4 is 5.11 Å². The van der Waals surface area contributed by atoms with E-state index in [2.05, 4.69) is 44.7 Å². The monoisotopic (exact) mass is 477 g/mol. The van der Waals surface area contributed by atoms with Crippen molar-refractivity contribution in [1.82, 2.24) is 9.80 Å². The number of nitrogens with zero attached hydrogens (tertiary/aromatic N) is 2. The number of fused-ring (bicyclic) bond motifs is 4. The van der Waals surface area contributed by atoms with E-state index in [1.54, 1.807) is 11.0 Å². The molecule has 3 fully saturated rings. The van der Waals surface area contributed by atoms with E-state index in [1.165, 1.54) is 5.56 Å². The van der Waals surface area contributed by atoms with Crippen molar-refractivity contribution in [2.75, 3.05) is 19.6 Å². The molecule has 1 amide bonds. The average molecular weight is 478 g/mol. The first-order valence-electron chi connectivity index (χ1n) is 13.3. The summed E-state index contributed by atoms with van der Waals surface area (Å²) in [5.74, 6) is 0.607. The summed E-state index contributed by atoms with van der Waals surface area (Å²) in [6.07, 6.45) is 3.55. The molecule has 4 aliphatic rings. The van der Waals surface area contributed by atoms with Crippen LogP contribution in [0.25, 0.3) is 11.1 Å². The lowest BCUT2D eigenvalue weighted by molar-refractivity contribution is -0.277. The molecular weight excluding hydrogens is 439 g/mol. The number of hydrogen-bond acceptors (Lipinski definition) is 3. The minimum absolute atomic E-state index is 0.0897. The maximum absolute atomic E-state index is 15.7. The van der Waals surface area contributed by atoms with Crippen LogP contribution >= 0.6 is 0 Å². The number of benzene rings is 2. The van der Waals surface area contributed by atoms with E-state index in [0.29, 0.717) is 17.4 Å². The topological polar surface area (TPSA) is 46.6 Å². The molecule has 2 atom stereocenters. The Kier molecular flexibility index (Phi) is 6.41. The molecule has 0 aromatic heterocycles. The van der Waals surface area contributed by atoms with E-state index < -0.39 is 12.1 Å². The van der Waals surface area contributed by atoms with Crippen molar-refractivity contribution in [1.29, 1.82) is 0 Å². The number of hydrogen-bond donors (Lipinski definition) is 0. The van der Waals surface area contributed by atoms with Gasteiger partial charge in [0, 0.05) is 18.2 Å². The molecule has 6 rings (SSSR count). The minimum atomic E-state index is -1.12. The number of piperidine rings is 3. The third-order valence-corrected chi connectivity index (χ3v) is 8.65. The van der Waals surface area contributed by atoms with Gasteiger partial charge in [-0.15, -0.1) is 0 Å². The van der Waals surface area contributed by atoms with Crippen molar-refractivity contribution >= 4 is 6.09 Å². The second-order valence-electron chi connectivity index (χ2n) is 12.1. The van der Waals surface area contributed by atoms with Gasteiger partial charge in [-0.25, -0.2) is 4.39 Å². The summed E-state index contributed by atoms with van der Waals surface area (Å²) >= 11 is 0. The fourth-order valence-electron chi connectivity index (χ4n) is 6.89. The SMILES string of the molecule is CC(C)Cc1cccc(-c2cc3c(cc2F)[C@H](N(C(=O)[O-])[C@@H]2CN4CCC2CC4)C(C)(C)CC3)c1. The van der Waals surface area contributed by atoms with E-state index in [-0.39, 0.29) is 17.3 Å². The third kappa shape index (κ3) is 4.60. The normalized spacial score (nSPS) is 27.0. The van der Waals surface area contributed by atoms with Crippen LogP contribution in [0.1, 0.15) is 69.7 Å². The predicted molar refractivity (Wildman–Crippen MR) is 135 cm³/mol. The highest BCUT2D eigenvalue weighted by molar-refractivity contribution is 5.68. The van der Waals surface area contributed by atoms with Crippen LogP contribution in [0.15, 0.2) is 36.4 Å². The van der Waals surface area contributed by atoms with Crippen molar-refractivity contribution in [3.05, 3.63) is 58.9 Å². The van der Waals surface area contributed by atoms with E-state index in [0.717, 1.165) is 68.4 Å². The van der Waals surface area contributed by atoms with Gasteiger partial charge in [0.15, 0.2) is 0 Å². The highest BCUT2D eigenvalue weighted by Gasteiger charge is 2.46. The van der Waals surface area contributed by atoms with Gasteiger partial charge >= 0.3 is 0 Å². The lowest BCUT2D eigenvalue weighted by Crippen LogP contribution is -2.63. The molecule has 3 saturated heterocycles. The van der Waals surface area contributed by atoms with Gasteiger partial charge in [0.25, 0.3) is 0 Å². The van der Waals surface area contributed by atoms with Gasteiger partial charge in [-0.3, -0.25) is 0 Å². The molecule has 35 heavy (non-hydrogen) atoms. The molecule has 1 aliphatic carbocycles. The number of carbonyl (C=O) groups is 1. The lowest BCUT2D eigenvalue weighted by atomic mass is 9.68. The molecule has 0 unspecified atom stereocenters. The summed E-state index contributed by atoms with van der Waals surface area (Å²) in [7, 11) is 0. The average Bonchev–Trinajstić information content (AvgIpc) is 2.81. The van der Waals surface area contributed by atoms with Gasteiger partial charge in [0.2, 0.25) is 0 Å². The summed E-state index contributed by atoms with van der Waals surface area (Å²) in [5.41, 5.74) is 4.28. The highest BCUT2D eigenvalue weighted by Crippen LogP contribution is 2.50. The molecule has 4 nitrogen and oxygen atoms in total. The number of rotatable bonds is 5. The Bertz CT molecular complexity index is 1100. The molecule has 2 bridgehead atoms. The number of aryl methyl sites for hydroxylation is 1. The molecule has 5 heteroatoms. The molecular formula is C30H38FN2O2-. The number of amides is 1. The van der Waals surface area contributed by atoms with Crippen LogP contribution in [-0.4, -0.2) is 41.6 Å². The van der Waals surface area contributed by atoms with Crippen molar-refractivity contribution in [3.8, 4) is 11.1 Å². The molecule has 3 heterocycles. The largest absolute Gasteiger partial charge is 0.530 e. The third-order valence-electron chi connectivity index (χ3n) is 8.65. The Balaban J connectivity index is 1.56. The Morgan fingerprint density at radius 2 is 1.94 bits per heavy atom. The first-order chi connectivity index (χ1) is 16.6. The zero-order valence-corrected chi connectivity index (χ0v) is 21.5. The lowest BCUT2D eigenvalue weighted by Gasteiger charge is -2.56. The van der Waals surface area contributed by atoms with Crippen LogP contribution in [0, 0.1) is 23.1 Å². The molecule has 0 radical (unpaired) electrons. The fraction of sp³-hybridized carbons (Fsp3) is 0.567. The first kappa shape index (κ1) is 24.3. The number of carbonyl (C=O) groups excluding carboxylic acids is 1. The second-order valence-corrected chi connectivity index (χ2v) is 12.1. The summed E-state index contributed by atoms with van der Waals surface area (Å²) in [6, 6.07) is 11.3. The standard InChI is InChI=1S/C30H39FN2O2/c1-19(2)14-20-6-5-7-22(15-20)24-16-23-8-11-30(3,4)28(25(23)17-26(24)31)33(29(34)35)27-18-32-12-9-21(27)10-13-32/h5-7,15-17,19,21,27-28H,8-14,18H2,1-4H3,(H,34,35)/p-1/t27-,28+/m1/s1. The van der Waals surface area contributed by atoms with E-state index >= 15 is 4.39 Å². The summed E-state index contributed by atoms with van der Waals surface area (Å²) in [4.78, 5) is 16.6. The van der Waals surface area contributed by atoms with Gasteiger partial charge in [0.1, 0.15) is 11.9 Å². The quantitative estimate of drug-likeness (QED) is 0.576. The zero-order valence-electron chi connectivity index (χ0n) is 21.5. The minimum Gasteiger partial charge on any atom is -0.530 e. The Morgan fingerprint density at radius 3 is 2.57 bits per heavy atom. The zero-order chi connectivity index (χ0) is 24.9. The highest BCUT2D eigenvalue weighted by atomic mass is 19.1. The number of carboxylic acid groups (broad SMARTS) is 1. The van der Waals surface area contributed by atoms with Crippen molar-refractivity contribution in [2.45, 2.75) is 71.9 Å². The molecule has 2 aromatic rings. The van der Waals surface area contributed by atoms with Gasteiger partial charge in [-0.05, 0) is 96.8 Å². The Hall–Kier alpha value is -2.40. The van der Waals surface area contributed by atoms with Crippen LogP contribution in [0.3, 0.4) is 0 Å². The van der Waals surface area contributed by atoms with Gasteiger partial charge in [-0.1, -0.05) is 52.0 Å². The van der Waals surface area contributed by atoms with Gasteiger partial charge in [-0.2, -0.15) is 0 Å². The maximum Gasteiger partial charge on any atom is 0.137 e. The maximum atomic E-state index is 15.7. The molecule has 3 aliphatic heterocycles. The van der Waals surface area contributed by atoms with Crippen LogP contribution in [-0.2, 0) is 12.8 Å². The van der Waals surface area contributed by atoms with Crippen molar-refractivity contribution in [3.63, 3.8) is 0 Å². The molecule has 188 valence electrons. The molecule has 2 aromatic carbocycles. The first-order valence-corrected chi connectivity index (χ1v) is 13.3. The summed E-state index contributed by atoms with van der Waals surface area (Å²) < 4.78 is 15.7. The van der Waals surface area contributed by atoms with Crippen molar-refractivity contribution < 1.29 is 14.3 Å². The summed E-state index contributed by atoms with van der Waals surface area (Å²) in [6.45, 7) is 11.5. The van der Waals surface area contributed by atoms with E-state index in [1.807, 2.05) is 18.2 Å². The smallest absolute Gasteiger partial charge is 0.137 e. The fourth-order valence-corrected chi connectivity index (χ4v) is 6.89. The molecule has 0 saturated carbocycles. The van der Waals surface area contributed by atoms with Gasteiger partial charge in [0.05, 0.1) is 6.04 Å². The predicted octanol–water partition coefficient (Wildman–Crippen LogP) is 5.44. The van der Waals surface area contributed by atoms with Crippen LogP contribution in [0.5, 0.6) is 0 Å². The second kappa shape index (κ2) is 9.24.